The van der Waals surface area contributed by atoms with Gasteiger partial charge < -0.3 is 4.57 Å². The zero-order valence-electron chi connectivity index (χ0n) is 12.5. The minimum Gasteiger partial charge on any atom is -0.345 e. The quantitative estimate of drug-likeness (QED) is 0.584. The first-order valence-electron chi connectivity index (χ1n) is 6.44. The van der Waals surface area contributed by atoms with Crippen molar-refractivity contribution in [3.05, 3.63) is 23.0 Å². The highest BCUT2D eigenvalue weighted by molar-refractivity contribution is 6.33. The van der Waals surface area contributed by atoms with E-state index in [-0.39, 0.29) is 11.2 Å². The molecule has 1 aromatic heterocycles. The summed E-state index contributed by atoms with van der Waals surface area (Å²) >= 11 is 5.91. The van der Waals surface area contributed by atoms with Gasteiger partial charge in [0.05, 0.1) is 5.38 Å². The van der Waals surface area contributed by atoms with Crippen LogP contribution in [0.2, 0.25) is 0 Å². The number of ketones is 1. The molecule has 0 saturated carbocycles. The Morgan fingerprint density at radius 3 is 2.17 bits per heavy atom. The maximum Gasteiger partial charge on any atom is 0.182 e. The molecule has 0 bridgehead atoms. The van der Waals surface area contributed by atoms with E-state index in [1.807, 2.05) is 19.9 Å². The van der Waals surface area contributed by atoms with Crippen LogP contribution in [0.15, 0.2) is 6.07 Å². The monoisotopic (exact) mass is 269 g/mol. The van der Waals surface area contributed by atoms with Gasteiger partial charge in [-0.25, -0.2) is 0 Å². The van der Waals surface area contributed by atoms with Crippen molar-refractivity contribution in [3.63, 3.8) is 0 Å². The first-order valence-corrected chi connectivity index (χ1v) is 6.87. The molecule has 1 heterocycles. The van der Waals surface area contributed by atoms with E-state index in [9.17, 15) is 4.79 Å². The first-order chi connectivity index (χ1) is 8.07. The van der Waals surface area contributed by atoms with E-state index in [4.69, 9.17) is 11.6 Å². The Bertz CT molecular complexity index is 452. The van der Waals surface area contributed by atoms with Crippen LogP contribution in [0.1, 0.15) is 62.4 Å². The van der Waals surface area contributed by atoms with Gasteiger partial charge in [-0.3, -0.25) is 4.79 Å². The van der Waals surface area contributed by atoms with Crippen molar-refractivity contribution < 1.29 is 4.79 Å². The third-order valence-electron chi connectivity index (χ3n) is 3.75. The van der Waals surface area contributed by atoms with E-state index in [1.54, 1.807) is 6.92 Å². The van der Waals surface area contributed by atoms with Crippen molar-refractivity contribution >= 4 is 17.4 Å². The van der Waals surface area contributed by atoms with Crippen molar-refractivity contribution in [3.8, 4) is 0 Å². The highest BCUT2D eigenvalue weighted by Gasteiger charge is 2.27. The average Bonchev–Trinajstić information content (AvgIpc) is 2.50. The summed E-state index contributed by atoms with van der Waals surface area (Å²) in [5, 5.41) is -0.469. The molecular formula is C15H24ClNO. The van der Waals surface area contributed by atoms with Crippen LogP contribution in [0, 0.1) is 19.3 Å². The fraction of sp³-hybridized carbons (Fsp3) is 0.667. The van der Waals surface area contributed by atoms with Crippen molar-refractivity contribution in [2.24, 2.45) is 5.41 Å². The Kier molecular flexibility index (Phi) is 4.32. The van der Waals surface area contributed by atoms with Crippen LogP contribution in [-0.2, 0) is 0 Å². The highest BCUT2D eigenvalue weighted by atomic mass is 35.5. The third-order valence-corrected chi connectivity index (χ3v) is 3.95. The predicted molar refractivity (Wildman–Crippen MR) is 77.7 cm³/mol. The van der Waals surface area contributed by atoms with Crippen LogP contribution in [0.5, 0.6) is 0 Å². The van der Waals surface area contributed by atoms with Gasteiger partial charge in [0.2, 0.25) is 0 Å². The lowest BCUT2D eigenvalue weighted by Gasteiger charge is -2.31. The predicted octanol–water partition coefficient (Wildman–Crippen LogP) is 4.52. The lowest BCUT2D eigenvalue weighted by Crippen LogP contribution is -2.23. The summed E-state index contributed by atoms with van der Waals surface area (Å²) < 4.78 is 2.24. The standard InChI is InChI=1S/C15H24ClNO/c1-9-8-13(14(18)10(2)16)11(3)17(9)12(4)15(5,6)7/h8,10,12H,1-7H3. The number of aromatic nitrogens is 1. The Morgan fingerprint density at radius 2 is 1.78 bits per heavy atom. The van der Waals surface area contributed by atoms with Gasteiger partial charge in [0, 0.05) is 23.0 Å². The second-order valence-electron chi connectivity index (χ2n) is 6.18. The van der Waals surface area contributed by atoms with Gasteiger partial charge in [-0.1, -0.05) is 20.8 Å². The fourth-order valence-corrected chi connectivity index (χ4v) is 2.34. The zero-order chi connectivity index (χ0) is 14.2. The maximum atomic E-state index is 12.1. The second-order valence-corrected chi connectivity index (χ2v) is 6.83. The van der Waals surface area contributed by atoms with Crippen LogP contribution in [0.4, 0.5) is 0 Å². The molecular weight excluding hydrogens is 246 g/mol. The van der Waals surface area contributed by atoms with Gasteiger partial charge >= 0.3 is 0 Å². The molecule has 3 heteroatoms. The molecule has 0 N–H and O–H groups in total. The molecule has 0 aromatic carbocycles. The lowest BCUT2D eigenvalue weighted by molar-refractivity contribution is 0.0990. The topological polar surface area (TPSA) is 22.0 Å². The molecule has 2 atom stereocenters. The summed E-state index contributed by atoms with van der Waals surface area (Å²) in [6.07, 6.45) is 0. The van der Waals surface area contributed by atoms with E-state index in [1.165, 1.54) is 0 Å². The number of aryl methyl sites for hydroxylation is 1. The fourth-order valence-electron chi connectivity index (χ4n) is 2.22. The molecule has 0 aliphatic rings. The van der Waals surface area contributed by atoms with Crippen LogP contribution < -0.4 is 0 Å². The molecule has 102 valence electrons. The van der Waals surface area contributed by atoms with Crippen molar-refractivity contribution in [2.75, 3.05) is 0 Å². The number of hydrogen-bond acceptors (Lipinski definition) is 1. The minimum absolute atomic E-state index is 0.0112. The van der Waals surface area contributed by atoms with Gasteiger partial charge in [-0.05, 0) is 39.2 Å². The Labute approximate surface area is 115 Å². The summed E-state index contributed by atoms with van der Waals surface area (Å²) in [5.41, 5.74) is 3.05. The van der Waals surface area contributed by atoms with E-state index in [0.717, 1.165) is 17.0 Å². The van der Waals surface area contributed by atoms with Crippen LogP contribution >= 0.6 is 11.6 Å². The van der Waals surface area contributed by atoms with E-state index in [0.29, 0.717) is 6.04 Å². The summed E-state index contributed by atoms with van der Waals surface area (Å²) in [5.74, 6) is 0.0112. The number of carbonyl (C=O) groups is 1. The minimum atomic E-state index is -0.469. The van der Waals surface area contributed by atoms with Crippen molar-refractivity contribution in [1.29, 1.82) is 0 Å². The van der Waals surface area contributed by atoms with Gasteiger partial charge in [0.15, 0.2) is 5.78 Å². The lowest BCUT2D eigenvalue weighted by atomic mass is 9.87. The van der Waals surface area contributed by atoms with Gasteiger partial charge in [-0.15, -0.1) is 11.6 Å². The van der Waals surface area contributed by atoms with E-state index in [2.05, 4.69) is 32.3 Å². The number of hydrogen-bond donors (Lipinski definition) is 0. The Balaban J connectivity index is 3.29. The number of halogens is 1. The molecule has 0 aliphatic heterocycles. The van der Waals surface area contributed by atoms with Crippen molar-refractivity contribution in [1.82, 2.24) is 4.57 Å². The summed E-state index contributed by atoms with van der Waals surface area (Å²) in [6.45, 7) is 14.6. The third kappa shape index (κ3) is 2.80. The van der Waals surface area contributed by atoms with Crippen LogP contribution in [0.3, 0.4) is 0 Å². The molecule has 1 aromatic rings. The first kappa shape index (κ1) is 15.3. The van der Waals surface area contributed by atoms with Crippen LogP contribution in [-0.4, -0.2) is 15.7 Å². The smallest absolute Gasteiger partial charge is 0.182 e. The SMILES string of the molecule is Cc1cc(C(=O)C(C)Cl)c(C)n1C(C)C(C)(C)C. The molecule has 0 amide bonds. The Hall–Kier alpha value is -0.760. The van der Waals surface area contributed by atoms with Gasteiger partial charge in [-0.2, -0.15) is 0 Å². The molecule has 0 fully saturated rings. The zero-order valence-corrected chi connectivity index (χ0v) is 13.2. The summed E-state index contributed by atoms with van der Waals surface area (Å²) in [6, 6.07) is 2.29. The molecule has 18 heavy (non-hydrogen) atoms. The maximum absolute atomic E-state index is 12.1. The number of alkyl halides is 1. The Morgan fingerprint density at radius 1 is 1.28 bits per heavy atom. The summed E-state index contributed by atoms with van der Waals surface area (Å²) in [4.78, 5) is 12.1. The van der Waals surface area contributed by atoms with Crippen molar-refractivity contribution in [2.45, 2.75) is 59.9 Å². The van der Waals surface area contributed by atoms with E-state index < -0.39 is 5.38 Å². The number of nitrogens with zero attached hydrogens (tertiary/aromatic N) is 1. The molecule has 0 radical (unpaired) electrons. The molecule has 2 nitrogen and oxygen atoms in total. The molecule has 0 spiro atoms. The van der Waals surface area contributed by atoms with Crippen LogP contribution in [0.25, 0.3) is 0 Å². The second kappa shape index (κ2) is 5.08. The van der Waals surface area contributed by atoms with Gasteiger partial charge in [0.25, 0.3) is 0 Å². The largest absolute Gasteiger partial charge is 0.345 e. The molecule has 1 rings (SSSR count). The summed E-state index contributed by atoms with van der Waals surface area (Å²) in [7, 11) is 0. The van der Waals surface area contributed by atoms with E-state index >= 15 is 0 Å². The normalized spacial score (nSPS) is 15.6. The van der Waals surface area contributed by atoms with Gasteiger partial charge in [0.1, 0.15) is 0 Å². The highest BCUT2D eigenvalue weighted by Crippen LogP contribution is 2.34. The number of Topliss-reactive ketones (excluding diaryl/α,β-unsaturated/α-hetero) is 1. The number of carbonyl (C=O) groups excluding carboxylic acids is 1. The molecule has 2 unspecified atom stereocenters. The average molecular weight is 270 g/mol. The number of rotatable bonds is 3. The molecule has 0 saturated heterocycles. The molecule has 0 aliphatic carbocycles.